The predicted octanol–water partition coefficient (Wildman–Crippen LogP) is 5.18. The molecule has 0 radical (unpaired) electrons. The first-order valence-corrected chi connectivity index (χ1v) is 8.01. The number of hydrogen-bond donors (Lipinski definition) is 1. The highest BCUT2D eigenvalue weighted by Crippen LogP contribution is 2.32. The smallest absolute Gasteiger partial charge is 0.124 e. The van der Waals surface area contributed by atoms with Gasteiger partial charge in [-0.25, -0.2) is 4.39 Å². The third-order valence-corrected chi connectivity index (χ3v) is 4.40. The molecule has 1 rings (SSSR count). The van der Waals surface area contributed by atoms with Crippen LogP contribution in [-0.2, 0) is 6.42 Å². The summed E-state index contributed by atoms with van der Waals surface area (Å²) in [5.41, 5.74) is 1.24. The lowest BCUT2D eigenvalue weighted by atomic mass is 9.74. The molecule has 0 aliphatic heterocycles. The van der Waals surface area contributed by atoms with Crippen molar-refractivity contribution in [3.05, 3.63) is 34.1 Å². The molecule has 0 aliphatic rings. The highest BCUT2D eigenvalue weighted by atomic mass is 79.9. The molecule has 0 saturated carbocycles. The van der Waals surface area contributed by atoms with Crippen LogP contribution in [0.5, 0.6) is 0 Å². The highest BCUT2D eigenvalue weighted by Gasteiger charge is 2.30. The van der Waals surface area contributed by atoms with Gasteiger partial charge in [0.25, 0.3) is 0 Å². The fraction of sp³-hybridized carbons (Fsp3) is 0.647. The summed E-state index contributed by atoms with van der Waals surface area (Å²) in [7, 11) is 0. The minimum Gasteiger partial charge on any atom is -0.312 e. The zero-order valence-electron chi connectivity index (χ0n) is 13.5. The fourth-order valence-corrected chi connectivity index (χ4v) is 2.63. The maximum Gasteiger partial charge on any atom is 0.124 e. The van der Waals surface area contributed by atoms with E-state index in [2.05, 4.69) is 62.8 Å². The van der Waals surface area contributed by atoms with Crippen LogP contribution < -0.4 is 5.32 Å². The van der Waals surface area contributed by atoms with Gasteiger partial charge < -0.3 is 5.32 Å². The van der Waals surface area contributed by atoms with Gasteiger partial charge in [-0.1, -0.05) is 36.7 Å². The molecule has 20 heavy (non-hydrogen) atoms. The Labute approximate surface area is 131 Å². The van der Waals surface area contributed by atoms with E-state index in [1.165, 1.54) is 6.07 Å². The van der Waals surface area contributed by atoms with Crippen molar-refractivity contribution in [3.63, 3.8) is 0 Å². The molecule has 1 nitrogen and oxygen atoms in total. The average molecular weight is 344 g/mol. The Morgan fingerprint density at radius 3 is 2.20 bits per heavy atom. The van der Waals surface area contributed by atoms with Gasteiger partial charge in [0.1, 0.15) is 5.82 Å². The largest absolute Gasteiger partial charge is 0.312 e. The van der Waals surface area contributed by atoms with Crippen LogP contribution in [0.1, 0.15) is 47.1 Å². The second kappa shape index (κ2) is 6.57. The van der Waals surface area contributed by atoms with Gasteiger partial charge in [0, 0.05) is 16.6 Å². The van der Waals surface area contributed by atoms with Crippen molar-refractivity contribution in [2.24, 2.45) is 11.3 Å². The van der Waals surface area contributed by atoms with Crippen molar-refractivity contribution >= 4 is 15.9 Å². The lowest BCUT2D eigenvalue weighted by Crippen LogP contribution is -2.45. The van der Waals surface area contributed by atoms with Crippen LogP contribution in [0.3, 0.4) is 0 Å². The van der Waals surface area contributed by atoms with Gasteiger partial charge in [0.15, 0.2) is 0 Å². The maximum absolute atomic E-state index is 13.5. The monoisotopic (exact) mass is 343 g/mol. The van der Waals surface area contributed by atoms with Gasteiger partial charge in [-0.2, -0.15) is 0 Å². The highest BCUT2D eigenvalue weighted by molar-refractivity contribution is 9.10. The Morgan fingerprint density at radius 1 is 1.15 bits per heavy atom. The normalized spacial score (nSPS) is 15.4. The van der Waals surface area contributed by atoms with Gasteiger partial charge in [0.05, 0.1) is 0 Å². The van der Waals surface area contributed by atoms with Gasteiger partial charge in [-0.3, -0.25) is 0 Å². The topological polar surface area (TPSA) is 12.0 Å². The minimum atomic E-state index is -0.177. The number of rotatable bonds is 5. The second-order valence-corrected chi connectivity index (χ2v) is 8.28. The van der Waals surface area contributed by atoms with Crippen molar-refractivity contribution in [2.75, 3.05) is 6.54 Å². The van der Waals surface area contributed by atoms with Crippen LogP contribution in [0, 0.1) is 17.2 Å². The van der Waals surface area contributed by atoms with Crippen molar-refractivity contribution < 1.29 is 4.39 Å². The van der Waals surface area contributed by atoms with E-state index in [1.54, 1.807) is 6.07 Å². The van der Waals surface area contributed by atoms with Gasteiger partial charge in [-0.05, 0) is 62.3 Å². The zero-order chi connectivity index (χ0) is 15.6. The molecule has 0 saturated heterocycles. The van der Waals surface area contributed by atoms with Crippen molar-refractivity contribution in [2.45, 2.75) is 53.5 Å². The van der Waals surface area contributed by atoms with Crippen LogP contribution in [0.4, 0.5) is 4.39 Å². The van der Waals surface area contributed by atoms with E-state index in [9.17, 15) is 4.39 Å². The second-order valence-electron chi connectivity index (χ2n) is 7.37. The predicted molar refractivity (Wildman–Crippen MR) is 88.5 cm³/mol. The van der Waals surface area contributed by atoms with Crippen molar-refractivity contribution in [3.8, 4) is 0 Å². The molecular weight excluding hydrogens is 317 g/mol. The summed E-state index contributed by atoms with van der Waals surface area (Å²) in [5.74, 6) is 0.337. The minimum absolute atomic E-state index is 0.0959. The number of hydrogen-bond acceptors (Lipinski definition) is 1. The summed E-state index contributed by atoms with van der Waals surface area (Å²) in [6.07, 6.45) is 0.865. The third kappa shape index (κ3) is 5.53. The number of halogens is 2. The molecule has 0 aliphatic carbocycles. The number of nitrogens with one attached hydrogen (secondary N) is 1. The van der Waals surface area contributed by atoms with Crippen LogP contribution in [0.2, 0.25) is 0 Å². The molecule has 0 bridgehead atoms. The molecule has 1 unspecified atom stereocenters. The van der Waals surface area contributed by atoms with Crippen molar-refractivity contribution in [1.82, 2.24) is 5.32 Å². The summed E-state index contributed by atoms with van der Waals surface area (Å²) in [6.45, 7) is 14.2. The molecule has 0 heterocycles. The molecule has 1 N–H and O–H groups in total. The van der Waals surface area contributed by atoms with Gasteiger partial charge >= 0.3 is 0 Å². The van der Waals surface area contributed by atoms with Crippen molar-refractivity contribution in [1.29, 1.82) is 0 Å². The average Bonchev–Trinajstić information content (AvgIpc) is 2.23. The number of benzene rings is 1. The molecule has 0 aromatic heterocycles. The summed E-state index contributed by atoms with van der Waals surface area (Å²) >= 11 is 3.37. The summed E-state index contributed by atoms with van der Waals surface area (Å²) in [5, 5.41) is 3.59. The van der Waals surface area contributed by atoms with E-state index < -0.39 is 0 Å². The van der Waals surface area contributed by atoms with Gasteiger partial charge in [-0.15, -0.1) is 0 Å². The summed E-state index contributed by atoms with van der Waals surface area (Å²) in [4.78, 5) is 0. The zero-order valence-corrected chi connectivity index (χ0v) is 15.1. The molecule has 1 aromatic rings. The first-order chi connectivity index (χ1) is 9.02. The fourth-order valence-electron chi connectivity index (χ4n) is 2.12. The van der Waals surface area contributed by atoms with E-state index in [4.69, 9.17) is 0 Å². The quantitative estimate of drug-likeness (QED) is 0.776. The molecule has 0 fully saturated rings. The SMILES string of the molecule is CC(C)C(C)(CNC(C)(C)C)Cc1cc(F)cc(Br)c1. The lowest BCUT2D eigenvalue weighted by molar-refractivity contribution is 0.187. The van der Waals surface area contributed by atoms with E-state index in [0.717, 1.165) is 23.0 Å². The first-order valence-electron chi connectivity index (χ1n) is 7.22. The Morgan fingerprint density at radius 2 is 1.75 bits per heavy atom. The standard InChI is InChI=1S/C17H27BrFN/c1-12(2)17(6,11-20-16(3,4)5)10-13-7-14(18)9-15(19)8-13/h7-9,12,20H,10-11H2,1-6H3. The Bertz CT molecular complexity index is 431. The Kier molecular flexibility index (Phi) is 5.79. The molecule has 0 amide bonds. The van der Waals surface area contributed by atoms with E-state index >= 15 is 0 Å². The molecule has 1 atom stereocenters. The summed E-state index contributed by atoms with van der Waals surface area (Å²) < 4.78 is 14.3. The van der Waals surface area contributed by atoms with Crippen LogP contribution in [0.25, 0.3) is 0 Å². The van der Waals surface area contributed by atoms with Crippen LogP contribution in [0.15, 0.2) is 22.7 Å². The lowest BCUT2D eigenvalue weighted by Gasteiger charge is -2.37. The first kappa shape index (κ1) is 17.6. The molecular formula is C17H27BrFN. The van der Waals surface area contributed by atoms with E-state index in [1.807, 2.05) is 6.07 Å². The Balaban J connectivity index is 2.90. The maximum atomic E-state index is 13.5. The molecule has 1 aromatic carbocycles. The Hall–Kier alpha value is -0.410. The van der Waals surface area contributed by atoms with Crippen LogP contribution >= 0.6 is 15.9 Å². The van der Waals surface area contributed by atoms with Crippen LogP contribution in [-0.4, -0.2) is 12.1 Å². The molecule has 0 spiro atoms. The van der Waals surface area contributed by atoms with E-state index in [0.29, 0.717) is 5.92 Å². The van der Waals surface area contributed by atoms with Gasteiger partial charge in [0.2, 0.25) is 0 Å². The molecule has 3 heteroatoms. The molecule has 114 valence electrons. The summed E-state index contributed by atoms with van der Waals surface area (Å²) in [6, 6.07) is 5.16. The van der Waals surface area contributed by atoms with E-state index in [-0.39, 0.29) is 16.8 Å². The third-order valence-electron chi connectivity index (χ3n) is 3.95.